The highest BCUT2D eigenvalue weighted by Gasteiger charge is 2.30. The van der Waals surface area contributed by atoms with Crippen molar-refractivity contribution in [3.8, 4) is 0 Å². The first-order chi connectivity index (χ1) is 7.03. The molecule has 0 radical (unpaired) electrons. The van der Waals surface area contributed by atoms with Gasteiger partial charge in [-0.05, 0) is 19.3 Å². The molecule has 1 saturated carbocycles. The van der Waals surface area contributed by atoms with E-state index in [2.05, 4.69) is 0 Å². The number of aliphatic hydroxyl groups is 1. The van der Waals surface area contributed by atoms with Gasteiger partial charge in [-0.15, -0.1) is 0 Å². The Kier molecular flexibility index (Phi) is 4.92. The minimum absolute atomic E-state index is 0.0226. The third-order valence-electron chi connectivity index (χ3n) is 2.92. The Balaban J connectivity index is 2.47. The number of hydrogen-bond acceptors (Lipinski definition) is 2. The summed E-state index contributed by atoms with van der Waals surface area (Å²) < 4.78 is 37.0. The van der Waals surface area contributed by atoms with Crippen LogP contribution in [0.2, 0.25) is 0 Å². The van der Waals surface area contributed by atoms with Crippen molar-refractivity contribution in [2.24, 2.45) is 0 Å². The maximum atomic E-state index is 12.3. The van der Waals surface area contributed by atoms with Gasteiger partial charge in [0.25, 0.3) is 0 Å². The zero-order valence-corrected chi connectivity index (χ0v) is 8.84. The molecule has 0 aliphatic heterocycles. The van der Waals surface area contributed by atoms with Gasteiger partial charge in [-0.1, -0.05) is 19.3 Å². The van der Waals surface area contributed by atoms with Crippen LogP contribution >= 0.6 is 0 Å². The van der Waals surface area contributed by atoms with Gasteiger partial charge >= 0.3 is 6.98 Å². The average Bonchev–Trinajstić information content (AvgIpc) is 2.17. The van der Waals surface area contributed by atoms with Gasteiger partial charge in [-0.3, -0.25) is 0 Å². The first-order valence-electron chi connectivity index (χ1n) is 5.59. The molecule has 0 saturated heterocycles. The van der Waals surface area contributed by atoms with Crippen LogP contribution in [0.25, 0.3) is 0 Å². The standard InChI is InChI=1S/C9H18BF3NO/c11-10(12,13)8-14(6-7-15)9-4-2-1-3-5-9/h9,15H,1-8H2/q-1. The van der Waals surface area contributed by atoms with E-state index in [1.807, 2.05) is 0 Å². The fraction of sp³-hybridized carbons (Fsp3) is 1.00. The van der Waals surface area contributed by atoms with Gasteiger partial charge in [0.05, 0.1) is 6.61 Å². The zero-order chi connectivity index (χ0) is 11.3. The van der Waals surface area contributed by atoms with Gasteiger partial charge < -0.3 is 23.0 Å². The van der Waals surface area contributed by atoms with E-state index in [0.717, 1.165) is 32.1 Å². The molecule has 15 heavy (non-hydrogen) atoms. The summed E-state index contributed by atoms with van der Waals surface area (Å²) in [5, 5.41) is 8.76. The van der Waals surface area contributed by atoms with Crippen LogP contribution in [0.1, 0.15) is 32.1 Å². The van der Waals surface area contributed by atoms with Gasteiger partial charge in [-0.2, -0.15) is 0 Å². The molecule has 1 N–H and O–H groups in total. The molecular formula is C9H18BF3NO-. The lowest BCUT2D eigenvalue weighted by Gasteiger charge is -2.37. The molecule has 0 aromatic carbocycles. The Morgan fingerprint density at radius 3 is 2.20 bits per heavy atom. The molecule has 90 valence electrons. The highest BCUT2D eigenvalue weighted by atomic mass is 19.4. The molecule has 1 fully saturated rings. The van der Waals surface area contributed by atoms with Crippen molar-refractivity contribution in [1.82, 2.24) is 4.90 Å². The van der Waals surface area contributed by atoms with E-state index in [9.17, 15) is 12.9 Å². The molecule has 2 nitrogen and oxygen atoms in total. The normalized spacial score (nSPS) is 19.8. The highest BCUT2D eigenvalue weighted by molar-refractivity contribution is 6.58. The lowest BCUT2D eigenvalue weighted by Crippen LogP contribution is -2.46. The van der Waals surface area contributed by atoms with E-state index in [-0.39, 0.29) is 19.2 Å². The van der Waals surface area contributed by atoms with Gasteiger partial charge in [0.1, 0.15) is 0 Å². The van der Waals surface area contributed by atoms with Crippen LogP contribution in [-0.2, 0) is 0 Å². The Hall–Kier alpha value is -0.225. The van der Waals surface area contributed by atoms with E-state index in [1.54, 1.807) is 0 Å². The molecule has 0 aromatic heterocycles. The van der Waals surface area contributed by atoms with E-state index < -0.39 is 13.4 Å². The van der Waals surface area contributed by atoms with Crippen LogP contribution in [-0.4, -0.2) is 42.6 Å². The lowest BCUT2D eigenvalue weighted by molar-refractivity contribution is 0.132. The summed E-state index contributed by atoms with van der Waals surface area (Å²) in [5.74, 6) is 0. The fourth-order valence-corrected chi connectivity index (χ4v) is 2.26. The summed E-state index contributed by atoms with van der Waals surface area (Å²) in [5.41, 5.74) is 0. The van der Waals surface area contributed by atoms with Crippen molar-refractivity contribution >= 4 is 6.98 Å². The van der Waals surface area contributed by atoms with Gasteiger partial charge in [0.15, 0.2) is 0 Å². The molecule has 0 heterocycles. The predicted molar refractivity (Wildman–Crippen MR) is 54.6 cm³/mol. The van der Waals surface area contributed by atoms with Crippen molar-refractivity contribution in [2.75, 3.05) is 19.6 Å². The lowest BCUT2D eigenvalue weighted by atomic mass is 9.87. The van der Waals surface area contributed by atoms with E-state index >= 15 is 0 Å². The topological polar surface area (TPSA) is 23.5 Å². The largest absolute Gasteiger partial charge is 0.492 e. The summed E-state index contributed by atoms with van der Waals surface area (Å²) in [4.78, 5) is 1.40. The first-order valence-corrected chi connectivity index (χ1v) is 5.59. The van der Waals surface area contributed by atoms with Gasteiger partial charge in [-0.25, -0.2) is 0 Å². The van der Waals surface area contributed by atoms with Crippen molar-refractivity contribution in [1.29, 1.82) is 0 Å². The Morgan fingerprint density at radius 1 is 1.13 bits per heavy atom. The van der Waals surface area contributed by atoms with Crippen molar-refractivity contribution in [2.45, 2.75) is 38.1 Å². The molecule has 6 heteroatoms. The summed E-state index contributed by atoms with van der Waals surface area (Å²) in [6.07, 6.45) is 4.00. The average molecular weight is 224 g/mol. The second kappa shape index (κ2) is 5.75. The van der Waals surface area contributed by atoms with E-state index in [0.29, 0.717) is 0 Å². The van der Waals surface area contributed by atoms with Crippen LogP contribution in [0, 0.1) is 0 Å². The molecule has 0 bridgehead atoms. The monoisotopic (exact) mass is 224 g/mol. The van der Waals surface area contributed by atoms with Crippen LogP contribution in [0.5, 0.6) is 0 Å². The third-order valence-corrected chi connectivity index (χ3v) is 2.92. The second-order valence-corrected chi connectivity index (χ2v) is 4.22. The molecule has 1 aliphatic carbocycles. The van der Waals surface area contributed by atoms with Crippen LogP contribution in [0.3, 0.4) is 0 Å². The number of halogens is 3. The molecule has 0 atom stereocenters. The number of rotatable bonds is 5. The first kappa shape index (κ1) is 12.8. The molecule has 0 aromatic rings. The second-order valence-electron chi connectivity index (χ2n) is 4.22. The molecule has 0 unspecified atom stereocenters. The van der Waals surface area contributed by atoms with Gasteiger partial charge in [0.2, 0.25) is 0 Å². The van der Waals surface area contributed by atoms with Crippen LogP contribution in [0.4, 0.5) is 12.9 Å². The Labute approximate surface area is 88.5 Å². The summed E-state index contributed by atoms with van der Waals surface area (Å²) in [6.45, 7) is -4.82. The summed E-state index contributed by atoms with van der Waals surface area (Å²) in [7, 11) is 0. The fourth-order valence-electron chi connectivity index (χ4n) is 2.26. The van der Waals surface area contributed by atoms with Crippen LogP contribution < -0.4 is 0 Å². The molecule has 1 rings (SSSR count). The van der Waals surface area contributed by atoms with Crippen molar-refractivity contribution in [3.63, 3.8) is 0 Å². The molecule has 0 spiro atoms. The van der Waals surface area contributed by atoms with Crippen molar-refractivity contribution < 1.29 is 18.1 Å². The Bertz CT molecular complexity index is 183. The number of nitrogens with zero attached hydrogens (tertiary/aromatic N) is 1. The van der Waals surface area contributed by atoms with Gasteiger partial charge in [0, 0.05) is 12.6 Å². The molecular weight excluding hydrogens is 206 g/mol. The SMILES string of the molecule is OCCN(C[B-](F)(F)F)C1CCCCC1. The molecule has 0 amide bonds. The maximum Gasteiger partial charge on any atom is 0.492 e. The summed E-state index contributed by atoms with van der Waals surface area (Å²) in [6, 6.07) is 0.0226. The minimum atomic E-state index is -4.78. The highest BCUT2D eigenvalue weighted by Crippen LogP contribution is 2.24. The number of aliphatic hydroxyl groups excluding tert-OH is 1. The van der Waals surface area contributed by atoms with Crippen LogP contribution in [0.15, 0.2) is 0 Å². The number of hydrogen-bond donors (Lipinski definition) is 1. The summed E-state index contributed by atoms with van der Waals surface area (Å²) >= 11 is 0. The predicted octanol–water partition coefficient (Wildman–Crippen LogP) is 2.00. The quantitative estimate of drug-likeness (QED) is 0.722. The zero-order valence-electron chi connectivity index (χ0n) is 8.84. The van der Waals surface area contributed by atoms with Crippen molar-refractivity contribution in [3.05, 3.63) is 0 Å². The smallest absolute Gasteiger partial charge is 0.448 e. The third kappa shape index (κ3) is 4.88. The minimum Gasteiger partial charge on any atom is -0.448 e. The van der Waals surface area contributed by atoms with E-state index in [1.165, 1.54) is 4.90 Å². The maximum absolute atomic E-state index is 12.3. The Morgan fingerprint density at radius 2 is 1.73 bits per heavy atom. The molecule has 1 aliphatic rings. The van der Waals surface area contributed by atoms with E-state index in [4.69, 9.17) is 5.11 Å².